The number of aliphatic carboxylic acids is 1. The molecule has 7 heteroatoms. The van der Waals surface area contributed by atoms with Crippen LogP contribution in [-0.2, 0) is 9.53 Å². The van der Waals surface area contributed by atoms with Gasteiger partial charge in [0.05, 0.1) is 19.1 Å². The number of carboxylic acid groups (broad SMARTS) is 1. The Morgan fingerprint density at radius 3 is 3.00 bits per heavy atom. The zero-order chi connectivity index (χ0) is 15.4. The first kappa shape index (κ1) is 15.8. The number of nitrogens with one attached hydrogen (secondary N) is 1. The summed E-state index contributed by atoms with van der Waals surface area (Å²) in [6, 6.07) is 5.34. The smallest absolute Gasteiger partial charge is 0.322 e. The third kappa shape index (κ3) is 4.18. The van der Waals surface area contributed by atoms with Gasteiger partial charge in [-0.05, 0) is 24.6 Å². The topological polar surface area (TPSA) is 78.9 Å². The zero-order valence-electron chi connectivity index (χ0n) is 11.6. The Morgan fingerprint density at radius 2 is 2.29 bits per heavy atom. The molecule has 0 saturated carbocycles. The molecule has 114 valence electrons. The number of nitrogens with zero attached hydrogens (tertiary/aromatic N) is 1. The van der Waals surface area contributed by atoms with E-state index >= 15 is 0 Å². The van der Waals surface area contributed by atoms with Gasteiger partial charge in [-0.2, -0.15) is 0 Å². The average molecular weight is 357 g/mol. The first-order valence-electron chi connectivity index (χ1n) is 6.62. The van der Waals surface area contributed by atoms with E-state index in [0.717, 1.165) is 15.7 Å². The molecule has 1 aromatic carbocycles. The van der Waals surface area contributed by atoms with Gasteiger partial charge in [0.15, 0.2) is 0 Å². The van der Waals surface area contributed by atoms with Crippen molar-refractivity contribution >= 4 is 33.6 Å². The second-order valence-corrected chi connectivity index (χ2v) is 5.73. The van der Waals surface area contributed by atoms with E-state index in [0.29, 0.717) is 13.2 Å². The lowest BCUT2D eigenvalue weighted by atomic mass is 10.2. The molecule has 1 atom stereocenters. The lowest BCUT2D eigenvalue weighted by Gasteiger charge is -2.32. The highest BCUT2D eigenvalue weighted by molar-refractivity contribution is 9.10. The van der Waals surface area contributed by atoms with Crippen molar-refractivity contribution in [2.24, 2.45) is 0 Å². The first-order valence-corrected chi connectivity index (χ1v) is 7.41. The Hall–Kier alpha value is -1.60. The fraction of sp³-hybridized carbons (Fsp3) is 0.429. The van der Waals surface area contributed by atoms with E-state index < -0.39 is 12.1 Å². The van der Waals surface area contributed by atoms with Crippen molar-refractivity contribution in [3.8, 4) is 0 Å². The van der Waals surface area contributed by atoms with E-state index in [9.17, 15) is 9.59 Å². The number of benzene rings is 1. The maximum atomic E-state index is 12.3. The number of rotatable bonds is 3. The molecule has 1 aromatic rings. The minimum absolute atomic E-state index is 0.0975. The summed E-state index contributed by atoms with van der Waals surface area (Å²) in [6.45, 7) is 3.00. The summed E-state index contributed by atoms with van der Waals surface area (Å²) in [6.07, 6.45) is -0.551. The van der Waals surface area contributed by atoms with E-state index in [1.54, 1.807) is 4.90 Å². The molecule has 6 nitrogen and oxygen atoms in total. The molecule has 0 bridgehead atoms. The van der Waals surface area contributed by atoms with Gasteiger partial charge in [0, 0.05) is 23.2 Å². The van der Waals surface area contributed by atoms with Crippen LogP contribution in [0.25, 0.3) is 0 Å². The van der Waals surface area contributed by atoms with Crippen molar-refractivity contribution in [3.63, 3.8) is 0 Å². The standard InChI is InChI=1S/C14H17BrN2O4/c1-9-11(15)3-2-4-12(9)16-14(20)17-5-6-21-10(8-17)7-13(18)19/h2-4,10H,5-8H2,1H3,(H,16,20)(H,18,19). The van der Waals surface area contributed by atoms with E-state index in [1.165, 1.54) is 0 Å². The molecule has 0 aromatic heterocycles. The molecule has 2 rings (SSSR count). The van der Waals surface area contributed by atoms with Crippen LogP contribution in [0.4, 0.5) is 10.5 Å². The molecule has 0 radical (unpaired) electrons. The van der Waals surface area contributed by atoms with E-state index in [2.05, 4.69) is 21.2 Å². The molecule has 1 aliphatic rings. The third-order valence-electron chi connectivity index (χ3n) is 3.34. The number of ether oxygens (including phenoxy) is 1. The van der Waals surface area contributed by atoms with Crippen LogP contribution in [-0.4, -0.2) is 47.8 Å². The number of anilines is 1. The summed E-state index contributed by atoms with van der Waals surface area (Å²) >= 11 is 3.42. The fourth-order valence-corrected chi connectivity index (χ4v) is 2.53. The molecule has 1 heterocycles. The molecule has 2 N–H and O–H groups in total. The molecule has 2 amide bonds. The number of carbonyl (C=O) groups excluding carboxylic acids is 1. The predicted octanol–water partition coefficient (Wildman–Crippen LogP) is 2.46. The van der Waals surface area contributed by atoms with Gasteiger partial charge in [-0.1, -0.05) is 22.0 Å². The maximum Gasteiger partial charge on any atom is 0.322 e. The molecule has 1 unspecified atom stereocenters. The third-order valence-corrected chi connectivity index (χ3v) is 4.20. The SMILES string of the molecule is Cc1c(Br)cccc1NC(=O)N1CCOC(CC(=O)O)C1. The molecule has 1 saturated heterocycles. The normalized spacial score (nSPS) is 18.4. The van der Waals surface area contributed by atoms with Gasteiger partial charge < -0.3 is 20.1 Å². The number of hydrogen-bond acceptors (Lipinski definition) is 3. The average Bonchev–Trinajstić information content (AvgIpc) is 2.43. The number of amides is 2. The van der Waals surface area contributed by atoms with Crippen molar-refractivity contribution in [3.05, 3.63) is 28.2 Å². The molecule has 1 aliphatic heterocycles. The number of urea groups is 1. The summed E-state index contributed by atoms with van der Waals surface area (Å²) < 4.78 is 6.27. The molecular weight excluding hydrogens is 340 g/mol. The predicted molar refractivity (Wildman–Crippen MR) is 81.5 cm³/mol. The van der Waals surface area contributed by atoms with Crippen LogP contribution in [0.2, 0.25) is 0 Å². The van der Waals surface area contributed by atoms with Gasteiger partial charge in [0.25, 0.3) is 0 Å². The maximum absolute atomic E-state index is 12.3. The Bertz CT molecular complexity index is 550. The van der Waals surface area contributed by atoms with Crippen LogP contribution in [0.1, 0.15) is 12.0 Å². The number of morpholine rings is 1. The van der Waals surface area contributed by atoms with Crippen molar-refractivity contribution in [2.45, 2.75) is 19.4 Å². The highest BCUT2D eigenvalue weighted by Crippen LogP contribution is 2.24. The number of halogens is 1. The van der Waals surface area contributed by atoms with Crippen molar-refractivity contribution in [1.29, 1.82) is 0 Å². The lowest BCUT2D eigenvalue weighted by molar-refractivity contribution is -0.141. The minimum atomic E-state index is -0.926. The van der Waals surface area contributed by atoms with Gasteiger partial charge in [0.2, 0.25) is 0 Å². The first-order chi connectivity index (χ1) is 9.97. The lowest BCUT2D eigenvalue weighted by Crippen LogP contribution is -2.48. The van der Waals surface area contributed by atoms with Crippen molar-refractivity contribution in [2.75, 3.05) is 25.0 Å². The van der Waals surface area contributed by atoms with Crippen molar-refractivity contribution < 1.29 is 19.4 Å². The highest BCUT2D eigenvalue weighted by Gasteiger charge is 2.26. The molecule has 1 fully saturated rings. The second kappa shape index (κ2) is 6.91. The summed E-state index contributed by atoms with van der Waals surface area (Å²) in [7, 11) is 0. The van der Waals surface area contributed by atoms with Gasteiger partial charge in [0.1, 0.15) is 0 Å². The summed E-state index contributed by atoms with van der Waals surface area (Å²) in [5.74, 6) is -0.926. The van der Waals surface area contributed by atoms with E-state index in [-0.39, 0.29) is 19.0 Å². The van der Waals surface area contributed by atoms with Crippen LogP contribution in [0.3, 0.4) is 0 Å². The summed E-state index contributed by atoms with van der Waals surface area (Å²) in [5.41, 5.74) is 1.68. The monoisotopic (exact) mass is 356 g/mol. The van der Waals surface area contributed by atoms with Crippen LogP contribution >= 0.6 is 15.9 Å². The summed E-state index contributed by atoms with van der Waals surface area (Å²) in [5, 5.41) is 11.6. The van der Waals surface area contributed by atoms with Crippen LogP contribution in [0.15, 0.2) is 22.7 Å². The van der Waals surface area contributed by atoms with E-state index in [1.807, 2.05) is 25.1 Å². The van der Waals surface area contributed by atoms with Crippen LogP contribution in [0.5, 0.6) is 0 Å². The largest absolute Gasteiger partial charge is 0.481 e. The number of carbonyl (C=O) groups is 2. The van der Waals surface area contributed by atoms with Crippen LogP contribution in [0, 0.1) is 6.92 Å². The minimum Gasteiger partial charge on any atom is -0.481 e. The molecule has 0 aliphatic carbocycles. The zero-order valence-corrected chi connectivity index (χ0v) is 13.2. The Balaban J connectivity index is 1.99. The highest BCUT2D eigenvalue weighted by atomic mass is 79.9. The Morgan fingerprint density at radius 1 is 1.52 bits per heavy atom. The van der Waals surface area contributed by atoms with Gasteiger partial charge >= 0.3 is 12.0 Å². The van der Waals surface area contributed by atoms with Gasteiger partial charge in [-0.15, -0.1) is 0 Å². The molecule has 0 spiro atoms. The van der Waals surface area contributed by atoms with Crippen LogP contribution < -0.4 is 5.32 Å². The number of hydrogen-bond donors (Lipinski definition) is 2. The van der Waals surface area contributed by atoms with E-state index in [4.69, 9.17) is 9.84 Å². The quantitative estimate of drug-likeness (QED) is 0.871. The van der Waals surface area contributed by atoms with Gasteiger partial charge in [-0.3, -0.25) is 4.79 Å². The van der Waals surface area contributed by atoms with Gasteiger partial charge in [-0.25, -0.2) is 4.79 Å². The number of carboxylic acids is 1. The van der Waals surface area contributed by atoms with Crippen molar-refractivity contribution in [1.82, 2.24) is 4.90 Å². The molecular formula is C14H17BrN2O4. The Kier molecular flexibility index (Phi) is 5.19. The second-order valence-electron chi connectivity index (χ2n) is 4.88. The fourth-order valence-electron chi connectivity index (χ4n) is 2.16. The molecule has 21 heavy (non-hydrogen) atoms. The Labute approximate surface area is 131 Å². The summed E-state index contributed by atoms with van der Waals surface area (Å²) in [4.78, 5) is 24.6.